The zero-order valence-electron chi connectivity index (χ0n) is 12.1. The van der Waals surface area contributed by atoms with Crippen LogP contribution >= 0.6 is 0 Å². The number of carbonyl (C=O) groups excluding carboxylic acids is 2. The van der Waals surface area contributed by atoms with Crippen LogP contribution in [0.25, 0.3) is 0 Å². The lowest BCUT2D eigenvalue weighted by Crippen LogP contribution is -2.57. The van der Waals surface area contributed by atoms with Crippen molar-refractivity contribution in [2.24, 2.45) is 0 Å². The molecule has 0 spiro atoms. The number of nitrogens with one attached hydrogen (secondary N) is 2. The molecule has 3 amide bonds. The molecule has 110 valence electrons. The number of carboxylic acid groups (broad SMARTS) is 1. The van der Waals surface area contributed by atoms with Gasteiger partial charge in [-0.3, -0.25) is 4.79 Å². The number of carbonyl (C=O) groups is 3. The molecule has 7 nitrogen and oxygen atoms in total. The zero-order valence-corrected chi connectivity index (χ0v) is 12.1. The van der Waals surface area contributed by atoms with E-state index in [-0.39, 0.29) is 5.91 Å². The van der Waals surface area contributed by atoms with E-state index in [9.17, 15) is 14.4 Å². The highest BCUT2D eigenvalue weighted by molar-refractivity contribution is 5.89. The Balaban J connectivity index is 4.53. The van der Waals surface area contributed by atoms with Crippen LogP contribution in [0.3, 0.4) is 0 Å². The van der Waals surface area contributed by atoms with E-state index in [1.165, 1.54) is 20.9 Å². The number of hydrogen-bond donors (Lipinski definition) is 3. The SMILES string of the molecule is CCCNC(=O)C(C)NC(=O)N(C)C(C)(C)C(=O)O. The molecule has 1 atom stereocenters. The van der Waals surface area contributed by atoms with Gasteiger partial charge in [-0.25, -0.2) is 9.59 Å². The third kappa shape index (κ3) is 4.76. The van der Waals surface area contributed by atoms with Crippen LogP contribution < -0.4 is 10.6 Å². The largest absolute Gasteiger partial charge is 0.480 e. The van der Waals surface area contributed by atoms with Gasteiger partial charge in [0, 0.05) is 13.6 Å². The van der Waals surface area contributed by atoms with Crippen LogP contribution in [-0.2, 0) is 9.59 Å². The molecule has 0 heterocycles. The highest BCUT2D eigenvalue weighted by atomic mass is 16.4. The van der Waals surface area contributed by atoms with Gasteiger partial charge >= 0.3 is 12.0 Å². The minimum atomic E-state index is -1.34. The van der Waals surface area contributed by atoms with Gasteiger partial charge in [0.2, 0.25) is 5.91 Å². The van der Waals surface area contributed by atoms with Gasteiger partial charge in [0.1, 0.15) is 11.6 Å². The van der Waals surface area contributed by atoms with Crippen molar-refractivity contribution in [3.8, 4) is 0 Å². The number of amides is 3. The maximum Gasteiger partial charge on any atom is 0.329 e. The number of carboxylic acids is 1. The molecule has 3 N–H and O–H groups in total. The number of aliphatic carboxylic acids is 1. The number of nitrogens with zero attached hydrogens (tertiary/aromatic N) is 1. The van der Waals surface area contributed by atoms with Gasteiger partial charge in [-0.2, -0.15) is 0 Å². The lowest BCUT2D eigenvalue weighted by Gasteiger charge is -2.32. The number of rotatable bonds is 6. The van der Waals surface area contributed by atoms with Gasteiger partial charge < -0.3 is 20.6 Å². The summed E-state index contributed by atoms with van der Waals surface area (Å²) in [6.45, 7) is 6.83. The Hall–Kier alpha value is -1.79. The molecule has 1 unspecified atom stereocenters. The molecule has 0 saturated heterocycles. The predicted molar refractivity (Wildman–Crippen MR) is 70.8 cm³/mol. The van der Waals surface area contributed by atoms with Crippen molar-refractivity contribution in [2.45, 2.75) is 45.7 Å². The first-order valence-corrected chi connectivity index (χ1v) is 6.20. The fourth-order valence-corrected chi connectivity index (χ4v) is 1.15. The lowest BCUT2D eigenvalue weighted by atomic mass is 10.0. The molecule has 0 saturated carbocycles. The zero-order chi connectivity index (χ0) is 15.2. The van der Waals surface area contributed by atoms with Crippen molar-refractivity contribution in [1.29, 1.82) is 0 Å². The molecule has 0 radical (unpaired) electrons. The van der Waals surface area contributed by atoms with E-state index in [4.69, 9.17) is 5.11 Å². The van der Waals surface area contributed by atoms with Crippen LogP contribution in [0.2, 0.25) is 0 Å². The smallest absolute Gasteiger partial charge is 0.329 e. The highest BCUT2D eigenvalue weighted by Crippen LogP contribution is 2.12. The predicted octanol–water partition coefficient (Wildman–Crippen LogP) is 0.406. The second-order valence-corrected chi connectivity index (χ2v) is 4.89. The average Bonchev–Trinajstić information content (AvgIpc) is 2.34. The van der Waals surface area contributed by atoms with Crippen LogP contribution in [0, 0.1) is 0 Å². The van der Waals surface area contributed by atoms with Gasteiger partial charge in [0.15, 0.2) is 0 Å². The molecule has 0 aliphatic carbocycles. The monoisotopic (exact) mass is 273 g/mol. The molecule has 0 aromatic carbocycles. The van der Waals surface area contributed by atoms with Gasteiger partial charge in [-0.15, -0.1) is 0 Å². The van der Waals surface area contributed by atoms with E-state index in [0.717, 1.165) is 11.3 Å². The quantitative estimate of drug-likeness (QED) is 0.652. The lowest BCUT2D eigenvalue weighted by molar-refractivity contribution is -0.146. The van der Waals surface area contributed by atoms with Crippen LogP contribution in [0.4, 0.5) is 4.79 Å². The summed E-state index contributed by atoms with van der Waals surface area (Å²) in [7, 11) is 1.38. The second-order valence-electron chi connectivity index (χ2n) is 4.89. The summed E-state index contributed by atoms with van der Waals surface area (Å²) in [6.07, 6.45) is 0.804. The fraction of sp³-hybridized carbons (Fsp3) is 0.750. The average molecular weight is 273 g/mol. The maximum atomic E-state index is 11.9. The summed E-state index contributed by atoms with van der Waals surface area (Å²) in [5, 5.41) is 14.1. The van der Waals surface area contributed by atoms with Crippen molar-refractivity contribution >= 4 is 17.9 Å². The first-order valence-electron chi connectivity index (χ1n) is 6.20. The minimum absolute atomic E-state index is 0.295. The van der Waals surface area contributed by atoms with E-state index in [0.29, 0.717) is 6.54 Å². The normalized spacial score (nSPS) is 12.5. The topological polar surface area (TPSA) is 98.7 Å². The second kappa shape index (κ2) is 6.96. The molecule has 0 rings (SSSR count). The standard InChI is InChI=1S/C12H23N3O4/c1-6-7-13-9(16)8(2)14-11(19)15(5)12(3,4)10(17)18/h8H,6-7H2,1-5H3,(H,13,16)(H,14,19)(H,17,18). The van der Waals surface area contributed by atoms with Crippen molar-refractivity contribution in [1.82, 2.24) is 15.5 Å². The van der Waals surface area contributed by atoms with Gasteiger partial charge in [-0.05, 0) is 27.2 Å². The molecule has 0 bridgehead atoms. The van der Waals surface area contributed by atoms with E-state index in [1.807, 2.05) is 6.92 Å². The number of likely N-dealkylation sites (N-methyl/N-ethyl adjacent to an activating group) is 1. The maximum absolute atomic E-state index is 11.9. The summed E-state index contributed by atoms with van der Waals surface area (Å²) in [5.74, 6) is -1.41. The molecule has 0 aromatic heterocycles. The molecule has 19 heavy (non-hydrogen) atoms. The van der Waals surface area contributed by atoms with Crippen molar-refractivity contribution in [2.75, 3.05) is 13.6 Å². The fourth-order valence-electron chi connectivity index (χ4n) is 1.15. The molecule has 0 aliphatic rings. The molecular weight excluding hydrogens is 250 g/mol. The third-order valence-corrected chi connectivity index (χ3v) is 2.95. The van der Waals surface area contributed by atoms with Crippen LogP contribution in [0.15, 0.2) is 0 Å². The summed E-state index contributed by atoms with van der Waals surface area (Å²) in [5.41, 5.74) is -1.34. The Bertz CT molecular complexity index is 355. The van der Waals surface area contributed by atoms with Crippen molar-refractivity contribution in [3.63, 3.8) is 0 Å². The first kappa shape index (κ1) is 17.2. The summed E-state index contributed by atoms with van der Waals surface area (Å²) >= 11 is 0. The minimum Gasteiger partial charge on any atom is -0.480 e. The van der Waals surface area contributed by atoms with Crippen LogP contribution in [0.1, 0.15) is 34.1 Å². The molecule has 7 heteroatoms. The first-order chi connectivity index (χ1) is 8.64. The third-order valence-electron chi connectivity index (χ3n) is 2.95. The summed E-state index contributed by atoms with van der Waals surface area (Å²) < 4.78 is 0. The van der Waals surface area contributed by atoms with E-state index < -0.39 is 23.6 Å². The van der Waals surface area contributed by atoms with Crippen LogP contribution in [-0.4, -0.2) is 53.1 Å². The van der Waals surface area contributed by atoms with Gasteiger partial charge in [0.25, 0.3) is 0 Å². The Morgan fingerprint density at radius 3 is 2.26 bits per heavy atom. The van der Waals surface area contributed by atoms with Crippen molar-refractivity contribution in [3.05, 3.63) is 0 Å². The van der Waals surface area contributed by atoms with Gasteiger partial charge in [0.05, 0.1) is 0 Å². The molecule has 0 fully saturated rings. The van der Waals surface area contributed by atoms with Gasteiger partial charge in [-0.1, -0.05) is 6.92 Å². The highest BCUT2D eigenvalue weighted by Gasteiger charge is 2.35. The molecule has 0 aliphatic heterocycles. The Morgan fingerprint density at radius 2 is 1.84 bits per heavy atom. The molecular formula is C12H23N3O4. The Kier molecular flexibility index (Phi) is 6.31. The molecule has 0 aromatic rings. The van der Waals surface area contributed by atoms with Crippen LogP contribution in [0.5, 0.6) is 0 Å². The van der Waals surface area contributed by atoms with Crippen molar-refractivity contribution < 1.29 is 19.5 Å². The summed E-state index contributed by atoms with van der Waals surface area (Å²) in [6, 6.07) is -1.32. The number of urea groups is 1. The number of hydrogen-bond acceptors (Lipinski definition) is 3. The van der Waals surface area contributed by atoms with E-state index in [2.05, 4.69) is 10.6 Å². The van der Waals surface area contributed by atoms with E-state index >= 15 is 0 Å². The summed E-state index contributed by atoms with van der Waals surface area (Å²) in [4.78, 5) is 35.5. The Labute approximate surface area is 113 Å². The Morgan fingerprint density at radius 1 is 1.32 bits per heavy atom. The van der Waals surface area contributed by atoms with E-state index in [1.54, 1.807) is 6.92 Å².